The maximum absolute atomic E-state index is 14.4. The average Bonchev–Trinajstić information content (AvgIpc) is 3.31. The summed E-state index contributed by atoms with van der Waals surface area (Å²) in [5.41, 5.74) is 7.93. The minimum absolute atomic E-state index is 0.0328. The molecule has 0 atom stereocenters. The molecule has 0 fully saturated rings. The molecule has 0 aliphatic carbocycles. The number of thiophene rings is 1. The van der Waals surface area contributed by atoms with Crippen LogP contribution in [0.2, 0.25) is 5.02 Å². The van der Waals surface area contributed by atoms with Crippen LogP contribution in [0, 0.1) is 5.82 Å². The third kappa shape index (κ3) is 3.59. The lowest BCUT2D eigenvalue weighted by molar-refractivity contribution is 0.0975. The Balaban J connectivity index is 1.70. The van der Waals surface area contributed by atoms with E-state index in [4.69, 9.17) is 21.8 Å². The molecule has 2 aromatic carbocycles. The van der Waals surface area contributed by atoms with Gasteiger partial charge in [-0.3, -0.25) is 4.79 Å². The van der Waals surface area contributed by atoms with Crippen LogP contribution in [0.5, 0.6) is 0 Å². The topological polar surface area (TPSA) is 56.2 Å². The monoisotopic (exact) mass is 411 g/mol. The van der Waals surface area contributed by atoms with E-state index < -0.39 is 11.7 Å². The molecule has 28 heavy (non-hydrogen) atoms. The quantitative estimate of drug-likeness (QED) is 0.427. The normalized spacial score (nSPS) is 10.9. The fraction of sp³-hybridized carbons (Fsp3) is 0.0455. The number of hydrogen-bond acceptors (Lipinski definition) is 3. The Hall–Kier alpha value is -2.89. The first kappa shape index (κ1) is 18.5. The molecular weight excluding hydrogens is 397 g/mol. The van der Waals surface area contributed by atoms with Crippen molar-refractivity contribution in [1.82, 2.24) is 0 Å². The summed E-state index contributed by atoms with van der Waals surface area (Å²) in [6.07, 6.45) is 1.97. The van der Waals surface area contributed by atoms with Crippen LogP contribution in [0.15, 0.2) is 71.3 Å². The Morgan fingerprint density at radius 3 is 2.54 bits per heavy atom. The zero-order chi connectivity index (χ0) is 19.7. The smallest absolute Gasteiger partial charge is 0.285 e. The molecule has 0 saturated carbocycles. The maximum Gasteiger partial charge on any atom is 0.285 e. The van der Waals surface area contributed by atoms with Crippen LogP contribution < -0.4 is 5.73 Å². The standard InChI is InChI=1S/C22H15ClFNO2S/c23-15-7-5-13(6-8-15)19-10-9-16(28-19)11-14-12-27-21(22(25)26)20(14)17-3-1-2-4-18(17)24/h1-10,12H,11H2,(H2,25,26). The largest absolute Gasteiger partial charge is 0.458 e. The number of primary amides is 1. The Labute approximate surface area is 170 Å². The first-order chi connectivity index (χ1) is 13.5. The molecule has 2 heterocycles. The summed E-state index contributed by atoms with van der Waals surface area (Å²) in [6.45, 7) is 0. The van der Waals surface area contributed by atoms with Gasteiger partial charge < -0.3 is 10.2 Å². The number of benzene rings is 2. The molecule has 2 N–H and O–H groups in total. The van der Waals surface area contributed by atoms with Crippen LogP contribution in [0.3, 0.4) is 0 Å². The van der Waals surface area contributed by atoms with Crippen molar-refractivity contribution in [2.45, 2.75) is 6.42 Å². The van der Waals surface area contributed by atoms with Gasteiger partial charge in [0.25, 0.3) is 5.91 Å². The van der Waals surface area contributed by atoms with Crippen molar-refractivity contribution in [2.24, 2.45) is 5.73 Å². The van der Waals surface area contributed by atoms with Gasteiger partial charge in [-0.05, 0) is 35.9 Å². The van der Waals surface area contributed by atoms with Crippen molar-refractivity contribution in [1.29, 1.82) is 0 Å². The summed E-state index contributed by atoms with van der Waals surface area (Å²) in [6, 6.07) is 17.9. The van der Waals surface area contributed by atoms with E-state index in [0.29, 0.717) is 28.1 Å². The van der Waals surface area contributed by atoms with Gasteiger partial charge in [0.05, 0.1) is 6.26 Å². The van der Waals surface area contributed by atoms with Crippen LogP contribution in [0.4, 0.5) is 4.39 Å². The molecule has 0 bridgehead atoms. The van der Waals surface area contributed by atoms with Crippen molar-refractivity contribution in [2.75, 3.05) is 0 Å². The van der Waals surface area contributed by atoms with E-state index in [2.05, 4.69) is 0 Å². The number of furan rings is 1. The van der Waals surface area contributed by atoms with Crippen LogP contribution in [0.1, 0.15) is 21.0 Å². The Morgan fingerprint density at radius 2 is 1.82 bits per heavy atom. The third-order valence-electron chi connectivity index (χ3n) is 4.39. The van der Waals surface area contributed by atoms with E-state index in [1.807, 2.05) is 36.4 Å². The molecule has 0 radical (unpaired) electrons. The van der Waals surface area contributed by atoms with Crippen LogP contribution in [-0.2, 0) is 6.42 Å². The number of halogens is 2. The van der Waals surface area contributed by atoms with Crippen LogP contribution in [0.25, 0.3) is 21.6 Å². The molecule has 3 nitrogen and oxygen atoms in total. The number of nitrogens with two attached hydrogens (primary N) is 1. The summed E-state index contributed by atoms with van der Waals surface area (Å²) < 4.78 is 19.8. The van der Waals surface area contributed by atoms with Gasteiger partial charge in [0.15, 0.2) is 5.76 Å². The van der Waals surface area contributed by atoms with E-state index in [0.717, 1.165) is 15.3 Å². The number of hydrogen-bond donors (Lipinski definition) is 1. The number of carbonyl (C=O) groups is 1. The van der Waals surface area contributed by atoms with E-state index >= 15 is 0 Å². The second-order valence-corrected chi connectivity index (χ2v) is 7.86. The number of carbonyl (C=O) groups excluding carboxylic acids is 1. The van der Waals surface area contributed by atoms with Gasteiger partial charge in [-0.2, -0.15) is 0 Å². The molecule has 6 heteroatoms. The molecular formula is C22H15ClFNO2S. The fourth-order valence-corrected chi connectivity index (χ4v) is 4.26. The summed E-state index contributed by atoms with van der Waals surface area (Å²) in [5.74, 6) is -1.19. The van der Waals surface area contributed by atoms with Crippen LogP contribution in [-0.4, -0.2) is 5.91 Å². The first-order valence-electron chi connectivity index (χ1n) is 8.52. The van der Waals surface area contributed by atoms with E-state index in [1.54, 1.807) is 29.5 Å². The fourth-order valence-electron chi connectivity index (χ4n) is 3.09. The molecule has 0 spiro atoms. The second-order valence-electron chi connectivity index (χ2n) is 6.26. The predicted octanol–water partition coefficient (Wildman–Crippen LogP) is 6.16. The molecule has 0 unspecified atom stereocenters. The zero-order valence-corrected chi connectivity index (χ0v) is 16.2. The van der Waals surface area contributed by atoms with Gasteiger partial charge in [-0.25, -0.2) is 4.39 Å². The summed E-state index contributed by atoms with van der Waals surface area (Å²) >= 11 is 7.57. The van der Waals surface area contributed by atoms with Gasteiger partial charge >= 0.3 is 0 Å². The Bertz CT molecular complexity index is 1150. The van der Waals surface area contributed by atoms with E-state index in [-0.39, 0.29) is 5.76 Å². The molecule has 4 aromatic rings. The second kappa shape index (κ2) is 7.62. The van der Waals surface area contributed by atoms with Crippen molar-refractivity contribution < 1.29 is 13.6 Å². The molecule has 0 aliphatic rings. The average molecular weight is 412 g/mol. The van der Waals surface area contributed by atoms with Gasteiger partial charge in [0, 0.05) is 37.9 Å². The van der Waals surface area contributed by atoms with Gasteiger partial charge in [0.1, 0.15) is 5.82 Å². The Kier molecular flexibility index (Phi) is 5.03. The summed E-state index contributed by atoms with van der Waals surface area (Å²) in [4.78, 5) is 13.9. The SMILES string of the molecule is NC(=O)c1occ(Cc2ccc(-c3ccc(Cl)cc3)s2)c1-c1ccccc1F. The lowest BCUT2D eigenvalue weighted by Crippen LogP contribution is -2.11. The lowest BCUT2D eigenvalue weighted by atomic mass is 9.98. The highest BCUT2D eigenvalue weighted by molar-refractivity contribution is 7.15. The highest BCUT2D eigenvalue weighted by atomic mass is 35.5. The zero-order valence-electron chi connectivity index (χ0n) is 14.6. The maximum atomic E-state index is 14.4. The van der Waals surface area contributed by atoms with Crippen molar-refractivity contribution in [3.63, 3.8) is 0 Å². The van der Waals surface area contributed by atoms with Gasteiger partial charge in [-0.15, -0.1) is 11.3 Å². The van der Waals surface area contributed by atoms with E-state index in [9.17, 15) is 9.18 Å². The van der Waals surface area contributed by atoms with Crippen molar-refractivity contribution in [3.05, 3.63) is 94.0 Å². The number of rotatable bonds is 5. The summed E-state index contributed by atoms with van der Waals surface area (Å²) in [7, 11) is 0. The van der Waals surface area contributed by atoms with Crippen molar-refractivity contribution >= 4 is 28.8 Å². The van der Waals surface area contributed by atoms with E-state index in [1.165, 1.54) is 12.3 Å². The molecule has 4 rings (SSSR count). The third-order valence-corrected chi connectivity index (χ3v) is 5.78. The minimum Gasteiger partial charge on any atom is -0.458 e. The minimum atomic E-state index is -0.725. The van der Waals surface area contributed by atoms with Gasteiger partial charge in [0.2, 0.25) is 0 Å². The molecule has 0 saturated heterocycles. The number of amides is 1. The Morgan fingerprint density at radius 1 is 1.07 bits per heavy atom. The molecule has 0 aliphatic heterocycles. The summed E-state index contributed by atoms with van der Waals surface area (Å²) in [5, 5.41) is 0.687. The van der Waals surface area contributed by atoms with Crippen molar-refractivity contribution in [3.8, 4) is 21.6 Å². The van der Waals surface area contributed by atoms with Gasteiger partial charge in [-0.1, -0.05) is 41.9 Å². The molecule has 1 amide bonds. The highest BCUT2D eigenvalue weighted by Gasteiger charge is 2.22. The highest BCUT2D eigenvalue weighted by Crippen LogP contribution is 2.35. The predicted molar refractivity (Wildman–Crippen MR) is 110 cm³/mol. The van der Waals surface area contributed by atoms with Crippen LogP contribution >= 0.6 is 22.9 Å². The first-order valence-corrected chi connectivity index (χ1v) is 9.72. The lowest BCUT2D eigenvalue weighted by Gasteiger charge is -2.05. The molecule has 2 aromatic heterocycles. The molecule has 140 valence electrons.